The van der Waals surface area contributed by atoms with E-state index in [0.717, 1.165) is 30.5 Å². The average Bonchev–Trinajstić information content (AvgIpc) is 2.75. The first-order valence-electron chi connectivity index (χ1n) is 9.55. The molecule has 0 fully saturated rings. The fourth-order valence-corrected chi connectivity index (χ4v) is 3.95. The lowest BCUT2D eigenvalue weighted by Gasteiger charge is -2.43. The van der Waals surface area contributed by atoms with Crippen LogP contribution in [0.25, 0.3) is 0 Å². The first-order valence-corrected chi connectivity index (χ1v) is 9.55. The minimum absolute atomic E-state index is 0. The topological polar surface area (TPSA) is 70.1 Å². The molecular formula is C22H29ClN2O5. The van der Waals surface area contributed by atoms with Crippen LogP contribution in [-0.2, 0) is 16.7 Å². The van der Waals surface area contributed by atoms with Crippen LogP contribution in [0.3, 0.4) is 0 Å². The van der Waals surface area contributed by atoms with Crippen LogP contribution in [0.5, 0.6) is 17.2 Å². The van der Waals surface area contributed by atoms with Crippen molar-refractivity contribution < 1.29 is 23.7 Å². The predicted molar refractivity (Wildman–Crippen MR) is 116 cm³/mol. The molecule has 0 radical (unpaired) electrons. The lowest BCUT2D eigenvalue weighted by atomic mass is 9.78. The van der Waals surface area contributed by atoms with Crippen molar-refractivity contribution in [2.75, 3.05) is 42.0 Å². The fraction of sp³-hybridized carbons (Fsp3) is 0.455. The van der Waals surface area contributed by atoms with E-state index in [9.17, 15) is 4.79 Å². The highest BCUT2D eigenvalue weighted by molar-refractivity contribution is 5.91. The van der Waals surface area contributed by atoms with Crippen LogP contribution in [0.4, 0.5) is 0 Å². The number of esters is 1. The van der Waals surface area contributed by atoms with Gasteiger partial charge in [0.05, 0.1) is 32.4 Å². The number of likely N-dealkylation sites (N-methyl/N-ethyl adjacent to an activating group) is 1. The Bertz CT molecular complexity index is 865. The van der Waals surface area contributed by atoms with Gasteiger partial charge in [-0.2, -0.15) is 0 Å². The average molecular weight is 437 g/mol. The number of fused-ring (bicyclic) bond motifs is 1. The zero-order valence-electron chi connectivity index (χ0n) is 18.1. The first kappa shape index (κ1) is 23.8. The molecule has 1 heterocycles. The van der Waals surface area contributed by atoms with Gasteiger partial charge < -0.3 is 18.9 Å². The zero-order valence-corrected chi connectivity index (χ0v) is 18.9. The monoisotopic (exact) mass is 436 g/mol. The molecular weight excluding hydrogens is 408 g/mol. The Kier molecular flexibility index (Phi) is 7.92. The molecule has 8 heteroatoms. The summed E-state index contributed by atoms with van der Waals surface area (Å²) in [6.07, 6.45) is 4.63. The number of nitrogens with zero attached hydrogens (tertiary/aromatic N) is 2. The van der Waals surface area contributed by atoms with Crippen LogP contribution in [0.15, 0.2) is 30.5 Å². The summed E-state index contributed by atoms with van der Waals surface area (Å²) in [7, 11) is 8.57. The molecule has 1 aromatic heterocycles. The number of aromatic nitrogens is 1. The number of hydrogen-bond donors (Lipinski definition) is 0. The van der Waals surface area contributed by atoms with Crippen molar-refractivity contribution >= 4 is 18.4 Å². The van der Waals surface area contributed by atoms with Crippen molar-refractivity contribution in [3.63, 3.8) is 0 Å². The van der Waals surface area contributed by atoms with E-state index in [0.29, 0.717) is 22.8 Å². The van der Waals surface area contributed by atoms with Crippen LogP contribution in [0, 0.1) is 0 Å². The number of benzene rings is 1. The summed E-state index contributed by atoms with van der Waals surface area (Å²) >= 11 is 0. The quantitative estimate of drug-likeness (QED) is 0.615. The van der Waals surface area contributed by atoms with Crippen LogP contribution in [0.1, 0.15) is 34.5 Å². The van der Waals surface area contributed by atoms with Crippen molar-refractivity contribution in [1.82, 2.24) is 9.88 Å². The molecule has 2 aromatic rings. The fourth-order valence-electron chi connectivity index (χ4n) is 3.95. The van der Waals surface area contributed by atoms with E-state index in [-0.39, 0.29) is 19.0 Å². The Morgan fingerprint density at radius 3 is 2.37 bits per heavy atom. The number of hydrogen-bond acceptors (Lipinski definition) is 7. The van der Waals surface area contributed by atoms with Gasteiger partial charge in [0.1, 0.15) is 6.61 Å². The molecule has 3 rings (SSSR count). The van der Waals surface area contributed by atoms with Crippen molar-refractivity contribution in [3.8, 4) is 17.2 Å². The molecule has 0 N–H and O–H groups in total. The SMILES string of the molecule is COc1cc(C(=O)OCC2(N(C)C)CCCc3ncccc32)cc(OC)c1OC.Cl. The maximum atomic E-state index is 12.9. The summed E-state index contributed by atoms with van der Waals surface area (Å²) in [6, 6.07) is 7.21. The maximum Gasteiger partial charge on any atom is 0.338 e. The van der Waals surface area contributed by atoms with Gasteiger partial charge in [-0.25, -0.2) is 4.79 Å². The van der Waals surface area contributed by atoms with E-state index in [4.69, 9.17) is 18.9 Å². The van der Waals surface area contributed by atoms with Gasteiger partial charge in [-0.05, 0) is 57.1 Å². The van der Waals surface area contributed by atoms with Crippen molar-refractivity contribution in [2.24, 2.45) is 0 Å². The molecule has 0 bridgehead atoms. The van der Waals surface area contributed by atoms with Gasteiger partial charge in [-0.15, -0.1) is 12.4 Å². The molecule has 1 aromatic carbocycles. The zero-order chi connectivity index (χ0) is 21.0. The lowest BCUT2D eigenvalue weighted by molar-refractivity contribution is 0.00657. The van der Waals surface area contributed by atoms with Crippen molar-refractivity contribution in [3.05, 3.63) is 47.3 Å². The molecule has 7 nitrogen and oxygen atoms in total. The van der Waals surface area contributed by atoms with E-state index in [1.807, 2.05) is 26.4 Å². The third-order valence-corrected chi connectivity index (χ3v) is 5.59. The third kappa shape index (κ3) is 4.32. The van der Waals surface area contributed by atoms with Gasteiger partial charge in [0.2, 0.25) is 5.75 Å². The minimum atomic E-state index is -0.443. The standard InChI is InChI=1S/C22H28N2O5.ClH/c1-24(2)22(10-6-9-17-16(22)8-7-11-23-17)14-29-21(25)15-12-18(26-3)20(28-5)19(13-15)27-4;/h7-8,11-13H,6,9-10,14H2,1-5H3;1H. The molecule has 1 unspecified atom stereocenters. The largest absolute Gasteiger partial charge is 0.493 e. The molecule has 0 saturated carbocycles. The van der Waals surface area contributed by atoms with Crippen molar-refractivity contribution in [1.29, 1.82) is 0 Å². The molecule has 0 amide bonds. The molecule has 164 valence electrons. The second-order valence-electron chi connectivity index (χ2n) is 7.27. The number of ether oxygens (including phenoxy) is 4. The Balaban J connectivity index is 0.00000320. The highest BCUT2D eigenvalue weighted by Crippen LogP contribution is 2.40. The van der Waals surface area contributed by atoms with Gasteiger partial charge in [0.15, 0.2) is 11.5 Å². The number of halogens is 1. The number of aryl methyl sites for hydroxylation is 1. The second-order valence-corrected chi connectivity index (χ2v) is 7.27. The van der Waals surface area contributed by atoms with Crippen LogP contribution in [0.2, 0.25) is 0 Å². The van der Waals surface area contributed by atoms with Crippen LogP contribution < -0.4 is 14.2 Å². The highest BCUT2D eigenvalue weighted by atomic mass is 35.5. The van der Waals surface area contributed by atoms with E-state index in [1.165, 1.54) is 21.3 Å². The number of rotatable bonds is 7. The Hall–Kier alpha value is -2.51. The smallest absolute Gasteiger partial charge is 0.338 e. The maximum absolute atomic E-state index is 12.9. The number of carbonyl (C=O) groups is 1. The van der Waals surface area contributed by atoms with Crippen molar-refractivity contribution in [2.45, 2.75) is 24.8 Å². The van der Waals surface area contributed by atoms with Gasteiger partial charge in [0.25, 0.3) is 0 Å². The summed E-state index contributed by atoms with van der Waals surface area (Å²) in [4.78, 5) is 19.5. The molecule has 0 spiro atoms. The van der Waals surface area contributed by atoms with E-state index in [1.54, 1.807) is 12.1 Å². The predicted octanol–water partition coefficient (Wildman–Crippen LogP) is 3.48. The minimum Gasteiger partial charge on any atom is -0.493 e. The molecule has 1 aliphatic carbocycles. The Labute approximate surface area is 183 Å². The van der Waals surface area contributed by atoms with E-state index < -0.39 is 11.5 Å². The van der Waals surface area contributed by atoms with E-state index >= 15 is 0 Å². The summed E-state index contributed by atoms with van der Waals surface area (Å²) in [5, 5.41) is 0. The highest BCUT2D eigenvalue weighted by Gasteiger charge is 2.40. The summed E-state index contributed by atoms with van der Waals surface area (Å²) in [6.45, 7) is 0.230. The summed E-state index contributed by atoms with van der Waals surface area (Å²) < 4.78 is 21.8. The molecule has 30 heavy (non-hydrogen) atoms. The number of pyridine rings is 1. The van der Waals surface area contributed by atoms with Crippen LogP contribution >= 0.6 is 12.4 Å². The molecule has 1 atom stereocenters. The van der Waals surface area contributed by atoms with Crippen LogP contribution in [-0.4, -0.2) is 57.9 Å². The first-order chi connectivity index (χ1) is 14.0. The van der Waals surface area contributed by atoms with E-state index in [2.05, 4.69) is 16.0 Å². The summed E-state index contributed by atoms with van der Waals surface area (Å²) in [5.74, 6) is 0.812. The Morgan fingerprint density at radius 2 is 1.80 bits per heavy atom. The van der Waals surface area contributed by atoms with Gasteiger partial charge in [0, 0.05) is 11.9 Å². The summed E-state index contributed by atoms with van der Waals surface area (Å²) in [5.41, 5.74) is 2.12. The van der Waals surface area contributed by atoms with Gasteiger partial charge >= 0.3 is 5.97 Å². The molecule has 1 aliphatic rings. The second kappa shape index (κ2) is 10.00. The molecule has 0 aliphatic heterocycles. The normalized spacial score (nSPS) is 17.5. The Morgan fingerprint density at radius 1 is 1.13 bits per heavy atom. The number of methoxy groups -OCH3 is 3. The van der Waals surface area contributed by atoms with Gasteiger partial charge in [-0.3, -0.25) is 9.88 Å². The third-order valence-electron chi connectivity index (χ3n) is 5.59. The number of carbonyl (C=O) groups excluding carboxylic acids is 1. The van der Waals surface area contributed by atoms with Gasteiger partial charge in [-0.1, -0.05) is 6.07 Å². The lowest BCUT2D eigenvalue weighted by Crippen LogP contribution is -2.48. The molecule has 0 saturated heterocycles.